The lowest BCUT2D eigenvalue weighted by molar-refractivity contribution is -0.141. The zero-order valence-corrected chi connectivity index (χ0v) is 18.9. The van der Waals surface area contributed by atoms with Crippen molar-refractivity contribution < 1.29 is 19.2 Å². The van der Waals surface area contributed by atoms with Gasteiger partial charge in [0.05, 0.1) is 12.5 Å². The van der Waals surface area contributed by atoms with E-state index >= 15 is 0 Å². The van der Waals surface area contributed by atoms with Crippen LogP contribution in [0.3, 0.4) is 0 Å². The smallest absolute Gasteiger partial charge is 0.325 e. The van der Waals surface area contributed by atoms with Gasteiger partial charge in [-0.1, -0.05) is 36.8 Å². The highest BCUT2D eigenvalue weighted by Crippen LogP contribution is 2.32. The third-order valence-electron chi connectivity index (χ3n) is 7.02. The van der Waals surface area contributed by atoms with Crippen LogP contribution in [0.1, 0.15) is 50.2 Å². The molecule has 1 N–H and O–H groups in total. The highest BCUT2D eigenvalue weighted by Gasteiger charge is 2.54. The van der Waals surface area contributed by atoms with Crippen LogP contribution in [0.25, 0.3) is 0 Å². The Morgan fingerprint density at radius 2 is 1.84 bits per heavy atom. The van der Waals surface area contributed by atoms with Gasteiger partial charge in [-0.3, -0.25) is 19.3 Å². The first-order chi connectivity index (χ1) is 15.3. The first-order valence-electron chi connectivity index (χ1n) is 11.6. The molecule has 1 atom stereocenters. The average Bonchev–Trinajstić information content (AvgIpc) is 3.02. The van der Waals surface area contributed by atoms with Crippen LogP contribution < -0.4 is 5.32 Å². The fourth-order valence-corrected chi connectivity index (χ4v) is 5.17. The second-order valence-electron chi connectivity index (χ2n) is 9.22. The second-order valence-corrected chi connectivity index (χ2v) is 9.22. The Hall–Kier alpha value is -2.90. The average molecular weight is 441 g/mol. The monoisotopic (exact) mass is 440 g/mol. The highest BCUT2D eigenvalue weighted by atomic mass is 16.2. The van der Waals surface area contributed by atoms with Crippen LogP contribution >= 0.6 is 0 Å². The lowest BCUT2D eigenvalue weighted by atomic mass is 9.87. The summed E-state index contributed by atoms with van der Waals surface area (Å²) < 4.78 is 0. The SMILES string of the molecule is CCC(=O)N1CCC2(CC1)NC(=O)N([C@H]1CCCN(C(=O)Cc3cccc(C)c3)C1)C2=O. The van der Waals surface area contributed by atoms with Crippen molar-refractivity contribution in [2.24, 2.45) is 0 Å². The Morgan fingerprint density at radius 3 is 2.53 bits per heavy atom. The number of nitrogens with zero attached hydrogens (tertiary/aromatic N) is 3. The first kappa shape index (κ1) is 22.3. The summed E-state index contributed by atoms with van der Waals surface area (Å²) in [5.41, 5.74) is 1.16. The van der Waals surface area contributed by atoms with E-state index in [-0.39, 0.29) is 29.8 Å². The maximum absolute atomic E-state index is 13.4. The van der Waals surface area contributed by atoms with E-state index in [0.717, 1.165) is 17.5 Å². The minimum atomic E-state index is -0.921. The number of urea groups is 1. The van der Waals surface area contributed by atoms with Gasteiger partial charge in [0.2, 0.25) is 11.8 Å². The molecule has 0 unspecified atom stereocenters. The third-order valence-corrected chi connectivity index (χ3v) is 7.02. The lowest BCUT2D eigenvalue weighted by Crippen LogP contribution is -2.57. The number of hydrogen-bond donors (Lipinski definition) is 1. The number of imide groups is 1. The van der Waals surface area contributed by atoms with Gasteiger partial charge < -0.3 is 15.1 Å². The van der Waals surface area contributed by atoms with Crippen LogP contribution in [0.5, 0.6) is 0 Å². The molecule has 3 aliphatic rings. The van der Waals surface area contributed by atoms with Gasteiger partial charge in [-0.05, 0) is 38.2 Å². The molecule has 172 valence electrons. The van der Waals surface area contributed by atoms with Crippen molar-refractivity contribution >= 4 is 23.8 Å². The Labute approximate surface area is 188 Å². The lowest BCUT2D eigenvalue weighted by Gasteiger charge is -2.39. The van der Waals surface area contributed by atoms with Crippen molar-refractivity contribution in [2.45, 2.75) is 64.0 Å². The fraction of sp³-hybridized carbons (Fsp3) is 0.583. The predicted octanol–water partition coefficient (Wildman–Crippen LogP) is 1.85. The zero-order chi connectivity index (χ0) is 22.9. The summed E-state index contributed by atoms with van der Waals surface area (Å²) >= 11 is 0. The second kappa shape index (κ2) is 8.92. The Morgan fingerprint density at radius 1 is 1.09 bits per heavy atom. The van der Waals surface area contributed by atoms with Gasteiger partial charge in [-0.25, -0.2) is 4.79 Å². The van der Waals surface area contributed by atoms with Gasteiger partial charge in [0.15, 0.2) is 0 Å². The molecule has 0 radical (unpaired) electrons. The molecule has 0 aliphatic carbocycles. The molecule has 3 aliphatic heterocycles. The Balaban J connectivity index is 1.41. The summed E-state index contributed by atoms with van der Waals surface area (Å²) in [5, 5.41) is 2.93. The van der Waals surface area contributed by atoms with Crippen LogP contribution in [0.2, 0.25) is 0 Å². The quantitative estimate of drug-likeness (QED) is 0.724. The van der Waals surface area contributed by atoms with E-state index in [1.165, 1.54) is 4.90 Å². The van der Waals surface area contributed by atoms with Gasteiger partial charge in [0.25, 0.3) is 5.91 Å². The largest absolute Gasteiger partial charge is 0.343 e. The number of hydrogen-bond acceptors (Lipinski definition) is 4. The molecule has 0 bridgehead atoms. The topological polar surface area (TPSA) is 90.0 Å². The molecule has 1 aromatic rings. The summed E-state index contributed by atoms with van der Waals surface area (Å²) in [6.45, 7) is 5.79. The van der Waals surface area contributed by atoms with E-state index in [1.54, 1.807) is 9.80 Å². The third kappa shape index (κ3) is 4.23. The molecule has 1 aromatic carbocycles. The highest BCUT2D eigenvalue weighted by molar-refractivity contribution is 6.07. The molecule has 3 saturated heterocycles. The van der Waals surface area contributed by atoms with Crippen LogP contribution in [0, 0.1) is 6.92 Å². The Bertz CT molecular complexity index is 922. The minimum absolute atomic E-state index is 0.0217. The minimum Gasteiger partial charge on any atom is -0.343 e. The molecule has 0 aromatic heterocycles. The van der Waals surface area contributed by atoms with Crippen molar-refractivity contribution in [3.8, 4) is 0 Å². The number of nitrogens with one attached hydrogen (secondary N) is 1. The summed E-state index contributed by atoms with van der Waals surface area (Å²) in [5.74, 6) is -0.110. The van der Waals surface area contributed by atoms with Crippen molar-refractivity contribution in [2.75, 3.05) is 26.2 Å². The number of carbonyl (C=O) groups is 4. The number of carbonyl (C=O) groups excluding carboxylic acids is 4. The number of benzene rings is 1. The summed E-state index contributed by atoms with van der Waals surface area (Å²) in [6, 6.07) is 7.22. The molecular formula is C24H32N4O4. The number of aryl methyl sites for hydroxylation is 1. The van der Waals surface area contributed by atoms with E-state index < -0.39 is 5.54 Å². The van der Waals surface area contributed by atoms with E-state index in [4.69, 9.17) is 0 Å². The molecule has 8 heteroatoms. The maximum Gasteiger partial charge on any atom is 0.325 e. The molecule has 32 heavy (non-hydrogen) atoms. The van der Waals surface area contributed by atoms with Crippen molar-refractivity contribution in [1.82, 2.24) is 20.0 Å². The number of rotatable bonds is 4. The van der Waals surface area contributed by atoms with Crippen LogP contribution in [-0.4, -0.2) is 76.2 Å². The molecule has 0 saturated carbocycles. The van der Waals surface area contributed by atoms with Gasteiger partial charge in [0.1, 0.15) is 5.54 Å². The van der Waals surface area contributed by atoms with Gasteiger partial charge in [0, 0.05) is 32.6 Å². The van der Waals surface area contributed by atoms with Crippen LogP contribution in [0.15, 0.2) is 24.3 Å². The number of likely N-dealkylation sites (tertiary alicyclic amines) is 2. The van der Waals surface area contributed by atoms with Gasteiger partial charge >= 0.3 is 6.03 Å². The van der Waals surface area contributed by atoms with E-state index in [1.807, 2.05) is 38.1 Å². The van der Waals surface area contributed by atoms with Crippen LogP contribution in [0.4, 0.5) is 4.79 Å². The summed E-state index contributed by atoms with van der Waals surface area (Å²) in [6.07, 6.45) is 3.08. The predicted molar refractivity (Wildman–Crippen MR) is 119 cm³/mol. The van der Waals surface area contributed by atoms with Crippen LogP contribution in [-0.2, 0) is 20.8 Å². The molecule has 4 rings (SSSR count). The number of amides is 5. The number of piperidine rings is 2. The molecule has 5 amide bonds. The van der Waals surface area contributed by atoms with Gasteiger partial charge in [-0.2, -0.15) is 0 Å². The van der Waals surface area contributed by atoms with Gasteiger partial charge in [-0.15, -0.1) is 0 Å². The van der Waals surface area contributed by atoms with E-state index in [0.29, 0.717) is 58.3 Å². The maximum atomic E-state index is 13.4. The molecular weight excluding hydrogens is 408 g/mol. The first-order valence-corrected chi connectivity index (χ1v) is 11.6. The normalized spacial score (nSPS) is 22.9. The summed E-state index contributed by atoms with van der Waals surface area (Å²) in [4.78, 5) is 56.0. The van der Waals surface area contributed by atoms with Crippen molar-refractivity contribution in [3.63, 3.8) is 0 Å². The van der Waals surface area contributed by atoms with E-state index in [9.17, 15) is 19.2 Å². The molecule has 3 fully saturated rings. The fourth-order valence-electron chi connectivity index (χ4n) is 5.17. The standard InChI is InChI=1S/C24H32N4O4/c1-3-20(29)26-12-9-24(10-13-26)22(31)28(23(32)25-24)19-8-5-11-27(16-19)21(30)15-18-7-4-6-17(2)14-18/h4,6-7,14,19H,3,5,8-13,15-16H2,1-2H3,(H,25,32)/t19-/m0/s1. The molecule has 8 nitrogen and oxygen atoms in total. The molecule has 1 spiro atoms. The van der Waals surface area contributed by atoms with Crippen molar-refractivity contribution in [3.05, 3.63) is 35.4 Å². The Kier molecular flexibility index (Phi) is 6.22. The van der Waals surface area contributed by atoms with E-state index in [2.05, 4.69) is 5.32 Å². The zero-order valence-electron chi connectivity index (χ0n) is 18.9. The van der Waals surface area contributed by atoms with Crippen molar-refractivity contribution in [1.29, 1.82) is 0 Å². The molecule has 3 heterocycles. The summed E-state index contributed by atoms with van der Waals surface area (Å²) in [7, 11) is 0.